The second-order valence-corrected chi connectivity index (χ2v) is 4.37. The van der Waals surface area contributed by atoms with Crippen molar-refractivity contribution in [2.45, 2.75) is 6.61 Å². The van der Waals surface area contributed by atoms with Gasteiger partial charge in [0.1, 0.15) is 11.6 Å². The maximum Gasteiger partial charge on any atom is 0.262 e. The third-order valence-electron chi connectivity index (χ3n) is 2.76. The fourth-order valence-corrected chi connectivity index (χ4v) is 1.67. The molecular weight excluding hydrogens is 275 g/mol. The Labute approximate surface area is 121 Å². The lowest BCUT2D eigenvalue weighted by Crippen LogP contribution is -2.20. The van der Waals surface area contributed by atoms with Crippen LogP contribution in [-0.2, 0) is 11.4 Å². The number of anilines is 2. The van der Waals surface area contributed by atoms with Gasteiger partial charge in [0, 0.05) is 0 Å². The minimum Gasteiger partial charge on any atom is -0.484 e. The molecule has 4 N–H and O–H groups in total. The maximum atomic E-state index is 12.9. The van der Waals surface area contributed by atoms with Gasteiger partial charge < -0.3 is 20.9 Å². The standard InChI is InChI=1S/C15H15FN2O3/c16-11-3-6-14(13(17)7-11)18-15(20)9-21-12-4-1-10(8-19)2-5-12/h1-7,19H,8-9,17H2,(H,18,20). The number of benzene rings is 2. The predicted octanol–water partition coefficient (Wildman–Crippen LogP) is 1.92. The zero-order chi connectivity index (χ0) is 15.2. The Morgan fingerprint density at radius 2 is 1.95 bits per heavy atom. The van der Waals surface area contributed by atoms with Gasteiger partial charge >= 0.3 is 0 Å². The highest BCUT2D eigenvalue weighted by Gasteiger charge is 2.07. The van der Waals surface area contributed by atoms with Gasteiger partial charge in [-0.3, -0.25) is 4.79 Å². The molecule has 6 heteroatoms. The highest BCUT2D eigenvalue weighted by Crippen LogP contribution is 2.19. The molecule has 0 unspecified atom stereocenters. The van der Waals surface area contributed by atoms with Crippen molar-refractivity contribution in [1.29, 1.82) is 0 Å². The van der Waals surface area contributed by atoms with Gasteiger partial charge in [-0.25, -0.2) is 4.39 Å². The van der Waals surface area contributed by atoms with E-state index in [9.17, 15) is 9.18 Å². The highest BCUT2D eigenvalue weighted by molar-refractivity contribution is 5.94. The summed E-state index contributed by atoms with van der Waals surface area (Å²) in [5.74, 6) is -0.361. The van der Waals surface area contributed by atoms with Crippen molar-refractivity contribution in [1.82, 2.24) is 0 Å². The molecular formula is C15H15FN2O3. The molecule has 2 aromatic carbocycles. The Kier molecular flexibility index (Phi) is 4.73. The van der Waals surface area contributed by atoms with E-state index in [1.54, 1.807) is 24.3 Å². The zero-order valence-corrected chi connectivity index (χ0v) is 11.2. The number of amides is 1. The summed E-state index contributed by atoms with van der Waals surface area (Å²) >= 11 is 0. The fourth-order valence-electron chi connectivity index (χ4n) is 1.67. The first-order valence-electron chi connectivity index (χ1n) is 6.26. The van der Waals surface area contributed by atoms with Gasteiger partial charge in [-0.1, -0.05) is 12.1 Å². The van der Waals surface area contributed by atoms with E-state index >= 15 is 0 Å². The SMILES string of the molecule is Nc1cc(F)ccc1NC(=O)COc1ccc(CO)cc1. The summed E-state index contributed by atoms with van der Waals surface area (Å²) in [6.45, 7) is -0.250. The van der Waals surface area contributed by atoms with Gasteiger partial charge in [0.25, 0.3) is 5.91 Å². The number of ether oxygens (including phenoxy) is 1. The Morgan fingerprint density at radius 1 is 1.24 bits per heavy atom. The second kappa shape index (κ2) is 6.71. The van der Waals surface area contributed by atoms with Crippen molar-refractivity contribution < 1.29 is 19.0 Å². The summed E-state index contributed by atoms with van der Waals surface area (Å²) < 4.78 is 18.2. The smallest absolute Gasteiger partial charge is 0.262 e. The number of aliphatic hydroxyl groups is 1. The minimum atomic E-state index is -0.467. The molecule has 0 radical (unpaired) electrons. The molecule has 0 aliphatic heterocycles. The number of aliphatic hydroxyl groups excluding tert-OH is 1. The van der Waals surface area contributed by atoms with Gasteiger partial charge in [-0.05, 0) is 35.9 Å². The molecule has 0 saturated carbocycles. The van der Waals surface area contributed by atoms with Crippen molar-refractivity contribution in [2.75, 3.05) is 17.7 Å². The summed E-state index contributed by atoms with van der Waals surface area (Å²) in [5, 5.41) is 11.4. The van der Waals surface area contributed by atoms with E-state index in [0.29, 0.717) is 11.4 Å². The first kappa shape index (κ1) is 14.8. The molecule has 5 nitrogen and oxygen atoms in total. The number of nitrogens with two attached hydrogens (primary N) is 1. The third kappa shape index (κ3) is 4.19. The molecule has 1 amide bonds. The number of carbonyl (C=O) groups is 1. The van der Waals surface area contributed by atoms with E-state index < -0.39 is 11.7 Å². The van der Waals surface area contributed by atoms with E-state index in [-0.39, 0.29) is 18.9 Å². The summed E-state index contributed by atoms with van der Waals surface area (Å²) in [6, 6.07) is 10.4. The largest absolute Gasteiger partial charge is 0.484 e. The number of hydrogen-bond donors (Lipinski definition) is 3. The molecule has 21 heavy (non-hydrogen) atoms. The maximum absolute atomic E-state index is 12.9. The fraction of sp³-hybridized carbons (Fsp3) is 0.133. The molecule has 0 saturated heterocycles. The van der Waals surface area contributed by atoms with Crippen LogP contribution in [0.4, 0.5) is 15.8 Å². The second-order valence-electron chi connectivity index (χ2n) is 4.37. The van der Waals surface area contributed by atoms with E-state index in [0.717, 1.165) is 11.6 Å². The average molecular weight is 290 g/mol. The van der Waals surface area contributed by atoms with Gasteiger partial charge in [-0.2, -0.15) is 0 Å². The van der Waals surface area contributed by atoms with Crippen molar-refractivity contribution in [3.63, 3.8) is 0 Å². The molecule has 0 aliphatic carbocycles. The zero-order valence-electron chi connectivity index (χ0n) is 11.2. The molecule has 0 aromatic heterocycles. The van der Waals surface area contributed by atoms with Crippen molar-refractivity contribution in [3.8, 4) is 5.75 Å². The molecule has 2 rings (SSSR count). The molecule has 0 atom stereocenters. The number of halogens is 1. The predicted molar refractivity (Wildman–Crippen MR) is 77.3 cm³/mol. The molecule has 2 aromatic rings. The van der Waals surface area contributed by atoms with Crippen molar-refractivity contribution in [3.05, 3.63) is 53.8 Å². The molecule has 110 valence electrons. The van der Waals surface area contributed by atoms with Gasteiger partial charge in [0.2, 0.25) is 0 Å². The lowest BCUT2D eigenvalue weighted by Gasteiger charge is -2.09. The van der Waals surface area contributed by atoms with E-state index in [2.05, 4.69) is 5.32 Å². The average Bonchev–Trinajstić information content (AvgIpc) is 2.48. The van der Waals surface area contributed by atoms with E-state index in [1.165, 1.54) is 12.1 Å². The molecule has 0 spiro atoms. The molecule has 0 heterocycles. The number of carbonyl (C=O) groups excluding carboxylic acids is 1. The number of hydrogen-bond acceptors (Lipinski definition) is 4. The lowest BCUT2D eigenvalue weighted by atomic mass is 10.2. The van der Waals surface area contributed by atoms with Crippen LogP contribution >= 0.6 is 0 Å². The Morgan fingerprint density at radius 3 is 2.57 bits per heavy atom. The quantitative estimate of drug-likeness (QED) is 0.734. The minimum absolute atomic E-state index is 0.0510. The molecule has 0 bridgehead atoms. The normalized spacial score (nSPS) is 10.2. The number of nitrogen functional groups attached to an aromatic ring is 1. The van der Waals surface area contributed by atoms with Crippen LogP contribution in [0.5, 0.6) is 5.75 Å². The first-order chi connectivity index (χ1) is 10.1. The van der Waals surface area contributed by atoms with Crippen LogP contribution in [0.2, 0.25) is 0 Å². The molecule has 0 aliphatic rings. The van der Waals surface area contributed by atoms with Gasteiger partial charge in [0.15, 0.2) is 6.61 Å². The summed E-state index contributed by atoms with van der Waals surface area (Å²) in [6.07, 6.45) is 0. The third-order valence-corrected chi connectivity index (χ3v) is 2.76. The number of rotatable bonds is 5. The van der Waals surface area contributed by atoms with Crippen LogP contribution < -0.4 is 15.8 Å². The topological polar surface area (TPSA) is 84.6 Å². The Hall–Kier alpha value is -2.60. The first-order valence-corrected chi connectivity index (χ1v) is 6.26. The molecule has 0 fully saturated rings. The number of nitrogens with one attached hydrogen (secondary N) is 1. The van der Waals surface area contributed by atoms with Crippen LogP contribution in [0, 0.1) is 5.82 Å². The van der Waals surface area contributed by atoms with Crippen molar-refractivity contribution >= 4 is 17.3 Å². The van der Waals surface area contributed by atoms with Crippen LogP contribution in [0.1, 0.15) is 5.56 Å². The summed E-state index contributed by atoms with van der Waals surface area (Å²) in [7, 11) is 0. The highest BCUT2D eigenvalue weighted by atomic mass is 19.1. The van der Waals surface area contributed by atoms with Crippen LogP contribution in [0.15, 0.2) is 42.5 Å². The van der Waals surface area contributed by atoms with Crippen LogP contribution in [-0.4, -0.2) is 17.6 Å². The summed E-state index contributed by atoms with van der Waals surface area (Å²) in [4.78, 5) is 11.7. The monoisotopic (exact) mass is 290 g/mol. The summed E-state index contributed by atoms with van der Waals surface area (Å²) in [5.41, 5.74) is 6.83. The van der Waals surface area contributed by atoms with Crippen LogP contribution in [0.25, 0.3) is 0 Å². The van der Waals surface area contributed by atoms with Gasteiger partial charge in [-0.15, -0.1) is 0 Å². The Bertz CT molecular complexity index is 629. The van der Waals surface area contributed by atoms with E-state index in [4.69, 9.17) is 15.6 Å². The Balaban J connectivity index is 1.89. The van der Waals surface area contributed by atoms with Crippen molar-refractivity contribution in [2.24, 2.45) is 0 Å². The van der Waals surface area contributed by atoms with E-state index in [1.807, 2.05) is 0 Å². The van der Waals surface area contributed by atoms with Crippen LogP contribution in [0.3, 0.4) is 0 Å². The lowest BCUT2D eigenvalue weighted by molar-refractivity contribution is -0.118. The van der Waals surface area contributed by atoms with Gasteiger partial charge in [0.05, 0.1) is 18.0 Å².